The fraction of sp³-hybridized carbons (Fsp3) is 0.227. The number of piperidine rings is 1. The Hall–Kier alpha value is -3.35. The number of hydrogen-bond acceptors (Lipinski definition) is 4. The molecule has 0 N–H and O–H groups in total. The van der Waals surface area contributed by atoms with Crippen molar-refractivity contribution in [3.63, 3.8) is 0 Å². The van der Waals surface area contributed by atoms with Crippen molar-refractivity contribution in [3.8, 4) is 11.4 Å². The standard InChI is InChI=1S/C22H19F2N3O2/c23-18-8-3-15(4-9-18)5-12-20(28)27-13-1-2-17(14-27)22-25-21(26-29-22)16-6-10-19(24)11-7-16/h3-12,17H,1-2,13-14H2. The van der Waals surface area contributed by atoms with E-state index in [-0.39, 0.29) is 23.5 Å². The molecular formula is C22H19F2N3O2. The zero-order valence-corrected chi connectivity index (χ0v) is 15.6. The molecule has 0 saturated carbocycles. The zero-order chi connectivity index (χ0) is 20.2. The lowest BCUT2D eigenvalue weighted by atomic mass is 9.98. The van der Waals surface area contributed by atoms with Crippen molar-refractivity contribution < 1.29 is 18.1 Å². The highest BCUT2D eigenvalue weighted by Crippen LogP contribution is 2.28. The van der Waals surface area contributed by atoms with Gasteiger partial charge in [0.15, 0.2) is 0 Å². The Morgan fingerprint density at radius 2 is 1.76 bits per heavy atom. The maximum absolute atomic E-state index is 13.1. The van der Waals surface area contributed by atoms with E-state index in [2.05, 4.69) is 10.1 Å². The number of carbonyl (C=O) groups excluding carboxylic acids is 1. The Balaban J connectivity index is 1.42. The summed E-state index contributed by atoms with van der Waals surface area (Å²) in [5.74, 6) is 0.0782. The molecule has 1 amide bonds. The first-order valence-electron chi connectivity index (χ1n) is 9.40. The van der Waals surface area contributed by atoms with Crippen LogP contribution < -0.4 is 0 Å². The first-order valence-corrected chi connectivity index (χ1v) is 9.40. The molecule has 0 bridgehead atoms. The van der Waals surface area contributed by atoms with Gasteiger partial charge in [0.2, 0.25) is 17.6 Å². The van der Waals surface area contributed by atoms with Gasteiger partial charge in [-0.3, -0.25) is 4.79 Å². The van der Waals surface area contributed by atoms with Gasteiger partial charge in [0.25, 0.3) is 0 Å². The summed E-state index contributed by atoms with van der Waals surface area (Å²) >= 11 is 0. The van der Waals surface area contributed by atoms with Crippen molar-refractivity contribution in [2.75, 3.05) is 13.1 Å². The lowest BCUT2D eigenvalue weighted by Crippen LogP contribution is -2.38. The van der Waals surface area contributed by atoms with E-state index in [0.29, 0.717) is 30.4 Å². The second-order valence-electron chi connectivity index (χ2n) is 6.97. The third-order valence-corrected chi connectivity index (χ3v) is 4.91. The van der Waals surface area contributed by atoms with Crippen LogP contribution in [-0.2, 0) is 4.79 Å². The number of rotatable bonds is 4. The topological polar surface area (TPSA) is 59.2 Å². The van der Waals surface area contributed by atoms with Crippen LogP contribution in [0.25, 0.3) is 17.5 Å². The molecule has 1 aromatic heterocycles. The largest absolute Gasteiger partial charge is 0.339 e. The summed E-state index contributed by atoms with van der Waals surface area (Å²) in [6.45, 7) is 1.14. The number of likely N-dealkylation sites (tertiary alicyclic amines) is 1. The lowest BCUT2D eigenvalue weighted by Gasteiger charge is -2.30. The molecule has 29 heavy (non-hydrogen) atoms. The second-order valence-corrected chi connectivity index (χ2v) is 6.97. The minimum Gasteiger partial charge on any atom is -0.339 e. The molecule has 4 rings (SSSR count). The van der Waals surface area contributed by atoms with Gasteiger partial charge in [0.1, 0.15) is 11.6 Å². The van der Waals surface area contributed by atoms with E-state index in [1.165, 1.54) is 30.3 Å². The summed E-state index contributed by atoms with van der Waals surface area (Å²) in [6.07, 6.45) is 4.84. The van der Waals surface area contributed by atoms with Crippen molar-refractivity contribution in [2.45, 2.75) is 18.8 Å². The fourth-order valence-electron chi connectivity index (χ4n) is 3.34. The van der Waals surface area contributed by atoms with Crippen LogP contribution in [0.15, 0.2) is 59.1 Å². The fourth-order valence-corrected chi connectivity index (χ4v) is 3.34. The first kappa shape index (κ1) is 19.0. The minimum absolute atomic E-state index is 0.0476. The van der Waals surface area contributed by atoms with Gasteiger partial charge >= 0.3 is 0 Å². The second kappa shape index (κ2) is 8.34. The molecular weight excluding hydrogens is 376 g/mol. The summed E-state index contributed by atoms with van der Waals surface area (Å²) in [6, 6.07) is 11.8. The van der Waals surface area contributed by atoms with Crippen molar-refractivity contribution in [1.82, 2.24) is 15.0 Å². The molecule has 148 valence electrons. The molecule has 0 spiro atoms. The number of hydrogen-bond donors (Lipinski definition) is 0. The van der Waals surface area contributed by atoms with Gasteiger partial charge in [-0.25, -0.2) is 8.78 Å². The number of aromatic nitrogens is 2. The normalized spacial score (nSPS) is 17.0. The lowest BCUT2D eigenvalue weighted by molar-refractivity contribution is -0.127. The van der Waals surface area contributed by atoms with E-state index < -0.39 is 0 Å². The van der Waals surface area contributed by atoms with Gasteiger partial charge in [0.05, 0.1) is 5.92 Å². The smallest absolute Gasteiger partial charge is 0.246 e. The van der Waals surface area contributed by atoms with E-state index in [1.807, 2.05) is 0 Å². The number of benzene rings is 2. The summed E-state index contributed by atoms with van der Waals surface area (Å²) in [4.78, 5) is 18.7. The van der Waals surface area contributed by atoms with Gasteiger partial charge < -0.3 is 9.42 Å². The molecule has 0 radical (unpaired) electrons. The first-order chi connectivity index (χ1) is 14.1. The molecule has 1 fully saturated rings. The number of carbonyl (C=O) groups is 1. The van der Waals surface area contributed by atoms with Crippen molar-refractivity contribution >= 4 is 12.0 Å². The molecule has 2 heterocycles. The van der Waals surface area contributed by atoms with Crippen LogP contribution in [0.2, 0.25) is 0 Å². The quantitative estimate of drug-likeness (QED) is 0.613. The predicted octanol–water partition coefficient (Wildman–Crippen LogP) is 4.43. The van der Waals surface area contributed by atoms with Gasteiger partial charge in [-0.2, -0.15) is 4.98 Å². The van der Waals surface area contributed by atoms with E-state index >= 15 is 0 Å². The summed E-state index contributed by atoms with van der Waals surface area (Å²) in [5.41, 5.74) is 1.43. The summed E-state index contributed by atoms with van der Waals surface area (Å²) in [5, 5.41) is 3.99. The number of halogens is 2. The number of nitrogens with zero attached hydrogens (tertiary/aromatic N) is 3. The average molecular weight is 395 g/mol. The Bertz CT molecular complexity index is 1010. The Morgan fingerprint density at radius 1 is 1.07 bits per heavy atom. The molecule has 5 nitrogen and oxygen atoms in total. The van der Waals surface area contributed by atoms with E-state index in [9.17, 15) is 13.6 Å². The molecule has 2 aromatic carbocycles. The van der Waals surface area contributed by atoms with E-state index in [4.69, 9.17) is 4.52 Å². The zero-order valence-electron chi connectivity index (χ0n) is 15.6. The van der Waals surface area contributed by atoms with Gasteiger partial charge in [-0.15, -0.1) is 0 Å². The minimum atomic E-state index is -0.326. The van der Waals surface area contributed by atoms with Crippen LogP contribution in [0.3, 0.4) is 0 Å². The average Bonchev–Trinajstić information content (AvgIpc) is 3.24. The molecule has 1 atom stereocenters. The molecule has 1 aliphatic heterocycles. The maximum atomic E-state index is 13.1. The third-order valence-electron chi connectivity index (χ3n) is 4.91. The van der Waals surface area contributed by atoms with Crippen LogP contribution >= 0.6 is 0 Å². The van der Waals surface area contributed by atoms with Crippen LogP contribution in [0.4, 0.5) is 8.78 Å². The van der Waals surface area contributed by atoms with Crippen molar-refractivity contribution in [1.29, 1.82) is 0 Å². The Morgan fingerprint density at radius 3 is 2.48 bits per heavy atom. The van der Waals surface area contributed by atoms with Gasteiger partial charge in [-0.1, -0.05) is 17.3 Å². The van der Waals surface area contributed by atoms with Crippen LogP contribution in [0.5, 0.6) is 0 Å². The van der Waals surface area contributed by atoms with Crippen LogP contribution in [0.1, 0.15) is 30.2 Å². The highest BCUT2D eigenvalue weighted by atomic mass is 19.1. The van der Waals surface area contributed by atoms with E-state index in [1.54, 1.807) is 35.2 Å². The van der Waals surface area contributed by atoms with Gasteiger partial charge in [-0.05, 0) is 60.9 Å². The molecule has 7 heteroatoms. The highest BCUT2D eigenvalue weighted by molar-refractivity contribution is 5.91. The van der Waals surface area contributed by atoms with Crippen LogP contribution in [-0.4, -0.2) is 34.0 Å². The predicted molar refractivity (Wildman–Crippen MR) is 104 cm³/mol. The summed E-state index contributed by atoms with van der Waals surface area (Å²) < 4.78 is 31.5. The molecule has 3 aromatic rings. The Labute approximate surface area is 166 Å². The van der Waals surface area contributed by atoms with Crippen LogP contribution in [0, 0.1) is 11.6 Å². The highest BCUT2D eigenvalue weighted by Gasteiger charge is 2.28. The molecule has 1 saturated heterocycles. The van der Waals surface area contributed by atoms with E-state index in [0.717, 1.165) is 18.4 Å². The van der Waals surface area contributed by atoms with Crippen molar-refractivity contribution in [3.05, 3.63) is 77.7 Å². The monoisotopic (exact) mass is 395 g/mol. The molecule has 1 aliphatic rings. The Kier molecular flexibility index (Phi) is 5.46. The third kappa shape index (κ3) is 4.56. The maximum Gasteiger partial charge on any atom is 0.246 e. The molecule has 1 unspecified atom stereocenters. The number of amides is 1. The van der Waals surface area contributed by atoms with Gasteiger partial charge in [0, 0.05) is 24.7 Å². The summed E-state index contributed by atoms with van der Waals surface area (Å²) in [7, 11) is 0. The SMILES string of the molecule is O=C(C=Cc1ccc(F)cc1)N1CCCC(c2nc(-c3ccc(F)cc3)no2)C1. The van der Waals surface area contributed by atoms with Crippen molar-refractivity contribution in [2.24, 2.45) is 0 Å². The molecule has 0 aliphatic carbocycles.